The Morgan fingerprint density at radius 1 is 1.19 bits per heavy atom. The molecule has 2 atom stereocenters. The molecule has 110 valence electrons. The van der Waals surface area contributed by atoms with Gasteiger partial charge in [0.1, 0.15) is 0 Å². The van der Waals surface area contributed by atoms with Crippen molar-refractivity contribution < 1.29 is 0 Å². The molecule has 0 amide bonds. The lowest BCUT2D eigenvalue weighted by atomic mass is 9.92. The van der Waals surface area contributed by atoms with Crippen LogP contribution >= 0.6 is 11.6 Å². The Morgan fingerprint density at radius 3 is 2.62 bits per heavy atom. The number of hydrazine groups is 1. The second kappa shape index (κ2) is 5.68. The average Bonchev–Trinajstić information content (AvgIpc) is 2.55. The van der Waals surface area contributed by atoms with Crippen molar-refractivity contribution in [3.63, 3.8) is 0 Å². The molecule has 3 rings (SSSR count). The highest BCUT2D eigenvalue weighted by Gasteiger charge is 2.27. The highest BCUT2D eigenvalue weighted by Crippen LogP contribution is 2.33. The van der Waals surface area contributed by atoms with E-state index < -0.39 is 0 Å². The monoisotopic (exact) mass is 301 g/mol. The van der Waals surface area contributed by atoms with E-state index in [1.54, 1.807) is 0 Å². The Labute approximate surface area is 130 Å². The molecular formula is C17H20ClN3. The molecule has 2 unspecified atom stereocenters. The second-order valence-corrected chi connectivity index (χ2v) is 6.19. The standard InChI is InChI=1S/C17H20ClN3/c1-11-9-13-5-8-15(19)10-16(13)17(21(2)20-11)12-3-6-14(18)7-4-12/h3-8,10-11,17,20H,9,19H2,1-2H3. The smallest absolute Gasteiger partial charge is 0.0743 e. The van der Waals surface area contributed by atoms with Crippen LogP contribution in [0.3, 0.4) is 0 Å². The van der Waals surface area contributed by atoms with Crippen LogP contribution in [0.4, 0.5) is 5.69 Å². The molecule has 0 saturated heterocycles. The summed E-state index contributed by atoms with van der Waals surface area (Å²) in [7, 11) is 2.08. The van der Waals surface area contributed by atoms with E-state index in [4.69, 9.17) is 17.3 Å². The predicted molar refractivity (Wildman–Crippen MR) is 88.2 cm³/mol. The summed E-state index contributed by atoms with van der Waals surface area (Å²) in [6.45, 7) is 2.20. The van der Waals surface area contributed by atoms with Crippen LogP contribution in [0.2, 0.25) is 5.02 Å². The molecule has 0 radical (unpaired) electrons. The Hall–Kier alpha value is -1.55. The first kappa shape index (κ1) is 14.4. The molecular weight excluding hydrogens is 282 g/mol. The molecule has 0 aromatic heterocycles. The lowest BCUT2D eigenvalue weighted by molar-refractivity contribution is 0.172. The van der Waals surface area contributed by atoms with Gasteiger partial charge in [-0.15, -0.1) is 0 Å². The summed E-state index contributed by atoms with van der Waals surface area (Å²) in [5.74, 6) is 0. The van der Waals surface area contributed by atoms with Crippen molar-refractivity contribution in [2.24, 2.45) is 0 Å². The number of nitrogens with zero attached hydrogens (tertiary/aromatic N) is 1. The highest BCUT2D eigenvalue weighted by atomic mass is 35.5. The highest BCUT2D eigenvalue weighted by molar-refractivity contribution is 6.30. The van der Waals surface area contributed by atoms with Crippen molar-refractivity contribution >= 4 is 17.3 Å². The van der Waals surface area contributed by atoms with Gasteiger partial charge in [-0.25, -0.2) is 5.01 Å². The van der Waals surface area contributed by atoms with Crippen LogP contribution in [-0.4, -0.2) is 18.1 Å². The Morgan fingerprint density at radius 2 is 1.90 bits per heavy atom. The number of nitrogens with one attached hydrogen (secondary N) is 1. The van der Waals surface area contributed by atoms with Crippen LogP contribution in [0.5, 0.6) is 0 Å². The summed E-state index contributed by atoms with van der Waals surface area (Å²) in [6, 6.07) is 14.8. The number of fused-ring (bicyclic) bond motifs is 1. The summed E-state index contributed by atoms with van der Waals surface area (Å²) < 4.78 is 0. The predicted octanol–water partition coefficient (Wildman–Crippen LogP) is 3.39. The van der Waals surface area contributed by atoms with Crippen LogP contribution < -0.4 is 11.2 Å². The van der Waals surface area contributed by atoms with Crippen molar-refractivity contribution in [3.8, 4) is 0 Å². The molecule has 3 nitrogen and oxygen atoms in total. The molecule has 0 aliphatic carbocycles. The number of nitrogens with two attached hydrogens (primary N) is 1. The molecule has 2 aromatic rings. The zero-order valence-electron chi connectivity index (χ0n) is 12.3. The van der Waals surface area contributed by atoms with Gasteiger partial charge in [0.05, 0.1) is 6.04 Å². The SMILES string of the molecule is CC1Cc2ccc(N)cc2C(c2ccc(Cl)cc2)N(C)N1. The third-order valence-corrected chi connectivity index (χ3v) is 4.24. The van der Waals surface area contributed by atoms with Gasteiger partial charge < -0.3 is 5.73 Å². The number of hydrogen-bond acceptors (Lipinski definition) is 3. The molecule has 0 spiro atoms. The maximum absolute atomic E-state index is 6.02. The van der Waals surface area contributed by atoms with Gasteiger partial charge in [0.25, 0.3) is 0 Å². The molecule has 1 aliphatic rings. The molecule has 4 heteroatoms. The molecule has 2 aromatic carbocycles. The molecule has 0 fully saturated rings. The van der Waals surface area contributed by atoms with Gasteiger partial charge in [-0.3, -0.25) is 5.43 Å². The number of hydrogen-bond donors (Lipinski definition) is 2. The van der Waals surface area contributed by atoms with Gasteiger partial charge in [0.15, 0.2) is 0 Å². The minimum absolute atomic E-state index is 0.130. The molecule has 21 heavy (non-hydrogen) atoms. The molecule has 0 bridgehead atoms. The van der Waals surface area contributed by atoms with Crippen molar-refractivity contribution in [2.45, 2.75) is 25.4 Å². The number of rotatable bonds is 1. The first-order valence-corrected chi connectivity index (χ1v) is 7.55. The van der Waals surface area contributed by atoms with Crippen molar-refractivity contribution in [1.29, 1.82) is 0 Å². The number of benzene rings is 2. The second-order valence-electron chi connectivity index (χ2n) is 5.76. The molecule has 0 saturated carbocycles. The maximum atomic E-state index is 6.02. The summed E-state index contributed by atoms with van der Waals surface area (Å²) in [5.41, 5.74) is 14.2. The maximum Gasteiger partial charge on any atom is 0.0743 e. The van der Waals surface area contributed by atoms with Gasteiger partial charge in [-0.1, -0.05) is 29.8 Å². The van der Waals surface area contributed by atoms with Gasteiger partial charge in [0.2, 0.25) is 0 Å². The van der Waals surface area contributed by atoms with Crippen molar-refractivity contribution in [1.82, 2.24) is 10.4 Å². The van der Waals surface area contributed by atoms with Crippen molar-refractivity contribution in [2.75, 3.05) is 12.8 Å². The largest absolute Gasteiger partial charge is 0.399 e. The van der Waals surface area contributed by atoms with Gasteiger partial charge in [0, 0.05) is 23.8 Å². The average molecular weight is 302 g/mol. The van der Waals surface area contributed by atoms with Gasteiger partial charge in [-0.05, 0) is 54.3 Å². The Bertz CT molecular complexity index is 639. The first-order valence-electron chi connectivity index (χ1n) is 7.17. The number of anilines is 1. The van der Waals surface area contributed by atoms with Gasteiger partial charge >= 0.3 is 0 Å². The van der Waals surface area contributed by atoms with Gasteiger partial charge in [-0.2, -0.15) is 0 Å². The van der Waals surface area contributed by atoms with E-state index in [2.05, 4.69) is 48.7 Å². The molecule has 1 aliphatic heterocycles. The van der Waals surface area contributed by atoms with E-state index in [0.717, 1.165) is 17.1 Å². The van der Waals surface area contributed by atoms with Crippen LogP contribution in [-0.2, 0) is 6.42 Å². The fourth-order valence-electron chi connectivity index (χ4n) is 3.11. The third kappa shape index (κ3) is 2.91. The van der Waals surface area contributed by atoms with E-state index >= 15 is 0 Å². The van der Waals surface area contributed by atoms with Crippen molar-refractivity contribution in [3.05, 3.63) is 64.2 Å². The fraction of sp³-hybridized carbons (Fsp3) is 0.294. The summed E-state index contributed by atoms with van der Waals surface area (Å²) in [5, 5.41) is 2.92. The van der Waals surface area contributed by atoms with Crippen LogP contribution in [0, 0.1) is 0 Å². The van der Waals surface area contributed by atoms with E-state index in [1.807, 2.05) is 18.2 Å². The number of nitrogen functional groups attached to an aromatic ring is 1. The normalized spacial score (nSPS) is 22.6. The van der Waals surface area contributed by atoms with E-state index in [9.17, 15) is 0 Å². The zero-order chi connectivity index (χ0) is 15.0. The third-order valence-electron chi connectivity index (χ3n) is 3.99. The molecule has 1 heterocycles. The minimum Gasteiger partial charge on any atom is -0.399 e. The lowest BCUT2D eigenvalue weighted by Crippen LogP contribution is -2.42. The van der Waals surface area contributed by atoms with Crippen LogP contribution in [0.25, 0.3) is 0 Å². The summed E-state index contributed by atoms with van der Waals surface area (Å²) in [4.78, 5) is 0. The quantitative estimate of drug-likeness (QED) is 0.793. The van der Waals surface area contributed by atoms with E-state index in [0.29, 0.717) is 6.04 Å². The van der Waals surface area contributed by atoms with Crippen LogP contribution in [0.1, 0.15) is 29.7 Å². The first-order chi connectivity index (χ1) is 10.0. The molecule has 3 N–H and O–H groups in total. The number of halogens is 1. The summed E-state index contributed by atoms with van der Waals surface area (Å²) in [6.07, 6.45) is 0.990. The van der Waals surface area contributed by atoms with Crippen LogP contribution in [0.15, 0.2) is 42.5 Å². The fourth-order valence-corrected chi connectivity index (χ4v) is 3.23. The minimum atomic E-state index is 0.130. The topological polar surface area (TPSA) is 41.3 Å². The lowest BCUT2D eigenvalue weighted by Gasteiger charge is -2.29. The Kier molecular flexibility index (Phi) is 3.89. The Balaban J connectivity index is 2.13. The van der Waals surface area contributed by atoms with E-state index in [1.165, 1.54) is 16.7 Å². The van der Waals surface area contributed by atoms with E-state index in [-0.39, 0.29) is 6.04 Å². The summed E-state index contributed by atoms with van der Waals surface area (Å²) >= 11 is 6.02. The zero-order valence-corrected chi connectivity index (χ0v) is 13.1.